The molecule has 0 heterocycles. The fraction of sp³-hybridized carbons (Fsp3) is 1.00. The minimum atomic E-state index is -0.332. The number of rotatable bonds is 2. The lowest BCUT2D eigenvalue weighted by atomic mass is 9.60. The minimum absolute atomic E-state index is 0.332. The Kier molecular flexibility index (Phi) is 4.18. The van der Waals surface area contributed by atoms with E-state index in [-0.39, 0.29) is 5.60 Å². The molecule has 0 bridgehead atoms. The highest BCUT2D eigenvalue weighted by atomic mass is 16.3. The van der Waals surface area contributed by atoms with Crippen LogP contribution in [0.5, 0.6) is 0 Å². The molecule has 1 heteroatoms. The van der Waals surface area contributed by atoms with Gasteiger partial charge in [-0.2, -0.15) is 0 Å². The van der Waals surface area contributed by atoms with Crippen molar-refractivity contribution in [3.8, 4) is 0 Å². The zero-order valence-corrected chi connectivity index (χ0v) is 11.9. The fourth-order valence-corrected chi connectivity index (χ4v) is 4.51. The van der Waals surface area contributed by atoms with Crippen LogP contribution in [0.2, 0.25) is 0 Å². The molecule has 0 aliphatic heterocycles. The van der Waals surface area contributed by atoms with E-state index < -0.39 is 0 Å². The quantitative estimate of drug-likeness (QED) is 0.756. The van der Waals surface area contributed by atoms with Crippen molar-refractivity contribution in [1.82, 2.24) is 0 Å². The molecule has 2 aliphatic rings. The summed E-state index contributed by atoms with van der Waals surface area (Å²) in [6.07, 6.45) is 10.1. The second kappa shape index (κ2) is 5.30. The summed E-state index contributed by atoms with van der Waals surface area (Å²) in [5.41, 5.74) is -0.332. The van der Waals surface area contributed by atoms with Gasteiger partial charge in [-0.05, 0) is 49.4 Å². The molecule has 2 rings (SSSR count). The van der Waals surface area contributed by atoms with Crippen LogP contribution in [0, 0.1) is 23.7 Å². The van der Waals surface area contributed by atoms with Crippen LogP contribution in [0.1, 0.15) is 72.1 Å². The summed E-state index contributed by atoms with van der Waals surface area (Å²) in [5, 5.41) is 11.2. The van der Waals surface area contributed by atoms with Crippen molar-refractivity contribution in [1.29, 1.82) is 0 Å². The first-order valence-electron chi connectivity index (χ1n) is 7.76. The maximum Gasteiger partial charge on any atom is 0.0706 e. The summed E-state index contributed by atoms with van der Waals surface area (Å²) in [4.78, 5) is 0. The maximum absolute atomic E-state index is 11.2. The normalized spacial score (nSPS) is 43.9. The van der Waals surface area contributed by atoms with Gasteiger partial charge in [-0.15, -0.1) is 0 Å². The summed E-state index contributed by atoms with van der Waals surface area (Å²) in [7, 11) is 0. The average Bonchev–Trinajstić information content (AvgIpc) is 2.29. The first-order valence-corrected chi connectivity index (χ1v) is 7.76. The number of hydrogen-bond donors (Lipinski definition) is 1. The lowest BCUT2D eigenvalue weighted by molar-refractivity contribution is -0.122. The van der Waals surface area contributed by atoms with E-state index in [0.717, 1.165) is 12.3 Å². The molecule has 0 saturated heterocycles. The van der Waals surface area contributed by atoms with Gasteiger partial charge in [0.1, 0.15) is 0 Å². The van der Waals surface area contributed by atoms with Gasteiger partial charge in [-0.1, -0.05) is 46.5 Å². The van der Waals surface area contributed by atoms with E-state index >= 15 is 0 Å². The molecule has 1 nitrogen and oxygen atoms in total. The van der Waals surface area contributed by atoms with E-state index in [4.69, 9.17) is 0 Å². The predicted molar refractivity (Wildman–Crippen MR) is 72.9 cm³/mol. The molecule has 100 valence electrons. The SMILES string of the molecule is CC1CCCC(C2(O)CCCCC2C(C)C)C1. The van der Waals surface area contributed by atoms with Gasteiger partial charge in [0.25, 0.3) is 0 Å². The van der Waals surface area contributed by atoms with Gasteiger partial charge in [0, 0.05) is 0 Å². The molecule has 0 aromatic heterocycles. The van der Waals surface area contributed by atoms with Crippen molar-refractivity contribution in [3.05, 3.63) is 0 Å². The van der Waals surface area contributed by atoms with E-state index in [2.05, 4.69) is 20.8 Å². The summed E-state index contributed by atoms with van der Waals surface area (Å²) >= 11 is 0. The molecule has 17 heavy (non-hydrogen) atoms. The van der Waals surface area contributed by atoms with Crippen LogP contribution < -0.4 is 0 Å². The standard InChI is InChI=1S/C16H30O/c1-12(2)15-9-4-5-10-16(15,17)14-8-6-7-13(3)11-14/h12-15,17H,4-11H2,1-3H3. The lowest BCUT2D eigenvalue weighted by Gasteiger charge is -2.49. The first-order chi connectivity index (χ1) is 8.04. The van der Waals surface area contributed by atoms with Crippen molar-refractivity contribution in [3.63, 3.8) is 0 Å². The molecular weight excluding hydrogens is 208 g/mol. The molecule has 0 radical (unpaired) electrons. The van der Waals surface area contributed by atoms with Gasteiger partial charge in [-0.25, -0.2) is 0 Å². The van der Waals surface area contributed by atoms with Crippen LogP contribution in [0.4, 0.5) is 0 Å². The Bertz CT molecular complexity index is 248. The fourth-order valence-electron chi connectivity index (χ4n) is 4.51. The predicted octanol–water partition coefficient (Wildman–Crippen LogP) is 4.39. The summed E-state index contributed by atoms with van der Waals surface area (Å²) < 4.78 is 0. The second-order valence-corrected chi connectivity index (χ2v) is 7.06. The molecule has 4 atom stereocenters. The van der Waals surface area contributed by atoms with Gasteiger partial charge in [-0.3, -0.25) is 0 Å². The van der Waals surface area contributed by atoms with E-state index in [9.17, 15) is 5.11 Å². The minimum Gasteiger partial charge on any atom is -0.389 e. The molecule has 2 aliphatic carbocycles. The summed E-state index contributed by atoms with van der Waals surface area (Å²) in [6, 6.07) is 0. The Labute approximate surface area is 107 Å². The topological polar surface area (TPSA) is 20.2 Å². The van der Waals surface area contributed by atoms with Gasteiger partial charge >= 0.3 is 0 Å². The Hall–Kier alpha value is -0.0400. The van der Waals surface area contributed by atoms with Crippen molar-refractivity contribution in [2.45, 2.75) is 77.7 Å². The maximum atomic E-state index is 11.2. The molecule has 0 aromatic rings. The van der Waals surface area contributed by atoms with Crippen molar-refractivity contribution in [2.75, 3.05) is 0 Å². The van der Waals surface area contributed by atoms with Crippen LogP contribution in [0.15, 0.2) is 0 Å². The molecule has 2 saturated carbocycles. The largest absolute Gasteiger partial charge is 0.389 e. The first kappa shape index (κ1) is 13.4. The third-order valence-corrected chi connectivity index (χ3v) is 5.43. The van der Waals surface area contributed by atoms with Crippen LogP contribution in [-0.2, 0) is 0 Å². The van der Waals surface area contributed by atoms with Gasteiger partial charge in [0.15, 0.2) is 0 Å². The highest BCUT2D eigenvalue weighted by molar-refractivity contribution is 4.97. The Morgan fingerprint density at radius 3 is 2.47 bits per heavy atom. The Morgan fingerprint density at radius 1 is 1.06 bits per heavy atom. The van der Waals surface area contributed by atoms with Gasteiger partial charge in [0.05, 0.1) is 5.60 Å². The molecule has 0 amide bonds. The number of hydrogen-bond acceptors (Lipinski definition) is 1. The third kappa shape index (κ3) is 2.70. The van der Waals surface area contributed by atoms with Gasteiger partial charge < -0.3 is 5.11 Å². The van der Waals surface area contributed by atoms with E-state index in [1.54, 1.807) is 0 Å². The molecule has 0 spiro atoms. The van der Waals surface area contributed by atoms with E-state index in [0.29, 0.717) is 17.8 Å². The third-order valence-electron chi connectivity index (χ3n) is 5.43. The van der Waals surface area contributed by atoms with Gasteiger partial charge in [0.2, 0.25) is 0 Å². The molecule has 0 aromatic carbocycles. The van der Waals surface area contributed by atoms with Crippen LogP contribution in [-0.4, -0.2) is 10.7 Å². The van der Waals surface area contributed by atoms with Crippen molar-refractivity contribution in [2.24, 2.45) is 23.7 Å². The molecule has 2 fully saturated rings. The van der Waals surface area contributed by atoms with Crippen LogP contribution in [0.25, 0.3) is 0 Å². The molecule has 1 N–H and O–H groups in total. The van der Waals surface area contributed by atoms with Crippen molar-refractivity contribution < 1.29 is 5.11 Å². The van der Waals surface area contributed by atoms with E-state index in [1.807, 2.05) is 0 Å². The van der Waals surface area contributed by atoms with Crippen molar-refractivity contribution >= 4 is 0 Å². The lowest BCUT2D eigenvalue weighted by Crippen LogP contribution is -2.50. The van der Waals surface area contributed by atoms with E-state index in [1.165, 1.54) is 44.9 Å². The Balaban J connectivity index is 2.12. The Morgan fingerprint density at radius 2 is 1.82 bits per heavy atom. The average molecular weight is 238 g/mol. The number of aliphatic hydroxyl groups is 1. The zero-order valence-electron chi connectivity index (χ0n) is 11.9. The summed E-state index contributed by atoms with van der Waals surface area (Å²) in [6.45, 7) is 6.96. The monoisotopic (exact) mass is 238 g/mol. The summed E-state index contributed by atoms with van der Waals surface area (Å²) in [5.74, 6) is 2.59. The zero-order chi connectivity index (χ0) is 12.5. The van der Waals surface area contributed by atoms with Crippen LogP contribution in [0.3, 0.4) is 0 Å². The highest BCUT2D eigenvalue weighted by Gasteiger charge is 2.46. The second-order valence-electron chi connectivity index (χ2n) is 7.06. The molecule has 4 unspecified atom stereocenters. The smallest absolute Gasteiger partial charge is 0.0706 e. The van der Waals surface area contributed by atoms with Crippen LogP contribution >= 0.6 is 0 Å². The molecular formula is C16H30O. The highest BCUT2D eigenvalue weighted by Crippen LogP contribution is 2.48.